The van der Waals surface area contributed by atoms with E-state index in [-0.39, 0.29) is 0 Å². The van der Waals surface area contributed by atoms with E-state index >= 15 is 0 Å². The van der Waals surface area contributed by atoms with Gasteiger partial charge in [-0.25, -0.2) is 15.0 Å². The monoisotopic (exact) mass is 717 g/mol. The van der Waals surface area contributed by atoms with Crippen molar-refractivity contribution in [2.75, 3.05) is 0 Å². The molecule has 0 bridgehead atoms. The number of hydrogen-bond acceptors (Lipinski definition) is 4. The van der Waals surface area contributed by atoms with Crippen molar-refractivity contribution in [3.05, 3.63) is 200 Å². The molecule has 0 atom stereocenters. The topological polar surface area (TPSA) is 51.8 Å². The van der Waals surface area contributed by atoms with Crippen molar-refractivity contribution in [1.29, 1.82) is 0 Å². The lowest BCUT2D eigenvalue weighted by Crippen LogP contribution is -2.00. The van der Waals surface area contributed by atoms with Crippen LogP contribution in [0.4, 0.5) is 0 Å². The first-order chi connectivity index (χ1) is 27.6. The van der Waals surface area contributed by atoms with Crippen LogP contribution >= 0.6 is 0 Å². The van der Waals surface area contributed by atoms with Crippen LogP contribution in [0.25, 0.3) is 101 Å². The molecule has 2 heterocycles. The zero-order valence-electron chi connectivity index (χ0n) is 30.7. The average Bonchev–Trinajstić information content (AvgIpc) is 3.65. The molecule has 0 aliphatic heterocycles. The van der Waals surface area contributed by atoms with Gasteiger partial charge in [-0.05, 0) is 75.7 Å². The van der Waals surface area contributed by atoms with Crippen LogP contribution in [0.1, 0.15) is 5.56 Å². The molecule has 4 nitrogen and oxygen atoms in total. The summed E-state index contributed by atoms with van der Waals surface area (Å²) in [5.41, 5.74) is 14.8. The Hall–Kier alpha value is -7.43. The van der Waals surface area contributed by atoms with E-state index in [2.05, 4.69) is 153 Å². The van der Waals surface area contributed by atoms with Gasteiger partial charge in [0.1, 0.15) is 11.2 Å². The van der Waals surface area contributed by atoms with Crippen molar-refractivity contribution in [2.24, 2.45) is 0 Å². The van der Waals surface area contributed by atoms with Crippen LogP contribution < -0.4 is 0 Å². The SMILES string of the molecule is Cc1cccc(-c2ccc(-c3nc(-c4ccccc4)nc(-c4ccc5c(c4)oc4cccc(-c6ccc(-c7ccccc7)cc6)c45)n3)cc2-c2ccccc2)c1. The Balaban J connectivity index is 1.09. The first-order valence-corrected chi connectivity index (χ1v) is 18.8. The molecule has 0 amide bonds. The third-order valence-electron chi connectivity index (χ3n) is 10.4. The summed E-state index contributed by atoms with van der Waals surface area (Å²) in [6.45, 7) is 2.13. The standard InChI is InChI=1S/C52H35N3O/c1-34-13-11-20-40(31-34)43-29-27-41(32-46(43)37-16-7-3-8-17-37)51-53-50(39-18-9-4-10-19-39)54-52(55-51)42-28-30-45-48(33-42)56-47-22-12-21-44(49(45)47)38-25-23-36(24-26-38)35-14-5-2-6-15-35/h2-33H,1H3. The second-order valence-electron chi connectivity index (χ2n) is 14.1. The number of hydrogen-bond donors (Lipinski definition) is 0. The maximum absolute atomic E-state index is 6.56. The summed E-state index contributed by atoms with van der Waals surface area (Å²) < 4.78 is 6.56. The number of benzene rings is 8. The van der Waals surface area contributed by atoms with E-state index < -0.39 is 0 Å². The van der Waals surface area contributed by atoms with Gasteiger partial charge in [0.25, 0.3) is 0 Å². The van der Waals surface area contributed by atoms with Gasteiger partial charge in [0.05, 0.1) is 0 Å². The highest BCUT2D eigenvalue weighted by Gasteiger charge is 2.18. The quantitative estimate of drug-likeness (QED) is 0.165. The lowest BCUT2D eigenvalue weighted by Gasteiger charge is -2.14. The normalized spacial score (nSPS) is 11.3. The maximum Gasteiger partial charge on any atom is 0.164 e. The van der Waals surface area contributed by atoms with Crippen LogP contribution in [-0.4, -0.2) is 15.0 Å². The molecule has 56 heavy (non-hydrogen) atoms. The second kappa shape index (κ2) is 14.1. The Bertz CT molecular complexity index is 3010. The summed E-state index contributed by atoms with van der Waals surface area (Å²) in [5.74, 6) is 1.80. The van der Waals surface area contributed by atoms with Crippen molar-refractivity contribution < 1.29 is 4.42 Å². The summed E-state index contributed by atoms with van der Waals surface area (Å²) in [5, 5.41) is 2.13. The third kappa shape index (κ3) is 6.23. The Morgan fingerprint density at radius 2 is 0.839 bits per heavy atom. The van der Waals surface area contributed by atoms with Crippen molar-refractivity contribution in [3.63, 3.8) is 0 Å². The summed E-state index contributed by atoms with van der Waals surface area (Å²) >= 11 is 0. The van der Waals surface area contributed by atoms with Crippen molar-refractivity contribution in [2.45, 2.75) is 6.92 Å². The fourth-order valence-electron chi connectivity index (χ4n) is 7.63. The summed E-state index contributed by atoms with van der Waals surface area (Å²) in [7, 11) is 0. The van der Waals surface area contributed by atoms with Gasteiger partial charge in [0.15, 0.2) is 17.5 Å². The smallest absolute Gasteiger partial charge is 0.164 e. The molecule has 0 spiro atoms. The molecule has 0 aliphatic carbocycles. The van der Waals surface area contributed by atoms with Gasteiger partial charge >= 0.3 is 0 Å². The molecule has 264 valence electrons. The second-order valence-corrected chi connectivity index (χ2v) is 14.1. The van der Waals surface area contributed by atoms with E-state index in [4.69, 9.17) is 19.4 Å². The minimum Gasteiger partial charge on any atom is -0.456 e. The van der Waals surface area contributed by atoms with E-state index in [9.17, 15) is 0 Å². The minimum absolute atomic E-state index is 0.581. The highest BCUT2D eigenvalue weighted by molar-refractivity contribution is 6.13. The Labute approximate surface area is 325 Å². The van der Waals surface area contributed by atoms with E-state index in [0.717, 1.165) is 66.4 Å². The largest absolute Gasteiger partial charge is 0.456 e. The molecular formula is C52H35N3O. The molecule has 0 radical (unpaired) electrons. The van der Waals surface area contributed by atoms with Crippen molar-refractivity contribution >= 4 is 21.9 Å². The van der Waals surface area contributed by atoms with Gasteiger partial charge in [-0.3, -0.25) is 0 Å². The molecule has 0 saturated heterocycles. The van der Waals surface area contributed by atoms with Crippen LogP contribution in [0.2, 0.25) is 0 Å². The van der Waals surface area contributed by atoms with Gasteiger partial charge in [0.2, 0.25) is 0 Å². The van der Waals surface area contributed by atoms with Crippen LogP contribution in [-0.2, 0) is 0 Å². The van der Waals surface area contributed by atoms with Gasteiger partial charge in [-0.1, -0.05) is 175 Å². The molecule has 0 unspecified atom stereocenters. The summed E-state index contributed by atoms with van der Waals surface area (Å²) in [6.07, 6.45) is 0. The Morgan fingerprint density at radius 1 is 0.321 bits per heavy atom. The first kappa shape index (κ1) is 33.2. The predicted molar refractivity (Wildman–Crippen MR) is 230 cm³/mol. The zero-order valence-corrected chi connectivity index (χ0v) is 30.7. The number of aryl methyl sites for hydroxylation is 1. The number of aromatic nitrogens is 3. The van der Waals surface area contributed by atoms with Crippen molar-refractivity contribution in [1.82, 2.24) is 15.0 Å². The molecule has 0 saturated carbocycles. The van der Waals surface area contributed by atoms with E-state index in [1.807, 2.05) is 48.5 Å². The molecule has 10 rings (SSSR count). The number of fused-ring (bicyclic) bond motifs is 3. The lowest BCUT2D eigenvalue weighted by molar-refractivity contribution is 0.669. The molecule has 4 heteroatoms. The molecule has 10 aromatic rings. The lowest BCUT2D eigenvalue weighted by atomic mass is 9.92. The fourth-order valence-corrected chi connectivity index (χ4v) is 7.63. The number of furan rings is 1. The van der Waals surface area contributed by atoms with E-state index in [1.54, 1.807) is 0 Å². The first-order valence-electron chi connectivity index (χ1n) is 18.8. The zero-order chi connectivity index (χ0) is 37.4. The van der Waals surface area contributed by atoms with Crippen LogP contribution in [0.15, 0.2) is 199 Å². The molecule has 0 aliphatic rings. The maximum atomic E-state index is 6.56. The summed E-state index contributed by atoms with van der Waals surface area (Å²) in [4.78, 5) is 15.3. The van der Waals surface area contributed by atoms with Crippen LogP contribution in [0.3, 0.4) is 0 Å². The molecule has 2 aromatic heterocycles. The Morgan fingerprint density at radius 3 is 1.54 bits per heavy atom. The van der Waals surface area contributed by atoms with Gasteiger partial charge in [0, 0.05) is 27.5 Å². The van der Waals surface area contributed by atoms with Gasteiger partial charge in [-0.15, -0.1) is 0 Å². The van der Waals surface area contributed by atoms with E-state index in [0.29, 0.717) is 17.5 Å². The molecule has 8 aromatic carbocycles. The predicted octanol–water partition coefficient (Wildman–Crippen LogP) is 13.7. The summed E-state index contributed by atoms with van der Waals surface area (Å²) in [6, 6.07) is 67.5. The van der Waals surface area contributed by atoms with Crippen LogP contribution in [0, 0.1) is 6.92 Å². The van der Waals surface area contributed by atoms with E-state index in [1.165, 1.54) is 22.3 Å². The minimum atomic E-state index is 0.581. The van der Waals surface area contributed by atoms with Gasteiger partial charge in [-0.2, -0.15) is 0 Å². The molecule has 0 N–H and O–H groups in total. The number of rotatable bonds is 7. The Kier molecular flexibility index (Phi) is 8.34. The van der Waals surface area contributed by atoms with Gasteiger partial charge < -0.3 is 4.42 Å². The van der Waals surface area contributed by atoms with Crippen LogP contribution in [0.5, 0.6) is 0 Å². The molecular weight excluding hydrogens is 683 g/mol. The molecule has 0 fully saturated rings. The third-order valence-corrected chi connectivity index (χ3v) is 10.4. The number of nitrogens with zero attached hydrogens (tertiary/aromatic N) is 3. The highest BCUT2D eigenvalue weighted by atomic mass is 16.3. The highest BCUT2D eigenvalue weighted by Crippen LogP contribution is 2.40. The average molecular weight is 718 g/mol. The van der Waals surface area contributed by atoms with Crippen molar-refractivity contribution in [3.8, 4) is 78.7 Å². The fraction of sp³-hybridized carbons (Fsp3) is 0.0192.